The number of halogens is 2. The Kier molecular flexibility index (Phi) is 4.71. The number of aromatic amines is 1. The number of carbonyl (C=O) groups is 1. The van der Waals surface area contributed by atoms with Crippen molar-refractivity contribution < 1.29 is 22.8 Å². The van der Waals surface area contributed by atoms with Crippen LogP contribution in [0.5, 0.6) is 5.75 Å². The molecule has 0 bridgehead atoms. The molecular weight excluding hydrogens is 382 g/mol. The molecule has 0 atom stereocenters. The Morgan fingerprint density at radius 3 is 2.66 bits per heavy atom. The smallest absolute Gasteiger partial charge is 0.262 e. The van der Waals surface area contributed by atoms with E-state index in [1.165, 1.54) is 18.2 Å². The summed E-state index contributed by atoms with van der Waals surface area (Å²) in [7, 11) is 0. The summed E-state index contributed by atoms with van der Waals surface area (Å²) in [6, 6.07) is 8.59. The lowest BCUT2D eigenvalue weighted by atomic mass is 10.2. The molecule has 4 rings (SSSR count). The van der Waals surface area contributed by atoms with Gasteiger partial charge in [0.15, 0.2) is 5.82 Å². The first-order chi connectivity index (χ1) is 13.9. The zero-order chi connectivity index (χ0) is 20.5. The number of nitrogens with one attached hydrogen (secondary N) is 2. The Bertz CT molecular complexity index is 1180. The number of anilines is 1. The Labute approximate surface area is 163 Å². The molecular formula is C20H16F2N4O3. The molecule has 0 fully saturated rings. The number of hydrogen-bond donors (Lipinski definition) is 2. The maximum absolute atomic E-state index is 13.8. The summed E-state index contributed by atoms with van der Waals surface area (Å²) in [6.45, 7) is 3.04. The molecule has 2 N–H and O–H groups in total. The summed E-state index contributed by atoms with van der Waals surface area (Å²) >= 11 is 0. The van der Waals surface area contributed by atoms with Crippen molar-refractivity contribution in [1.29, 1.82) is 0 Å². The molecule has 0 aliphatic rings. The molecule has 29 heavy (non-hydrogen) atoms. The minimum atomic E-state index is -0.679. The standard InChI is InChI=1S/C20H16F2N4O3/c1-10-18(11(2)29-26-10)20(27)23-19-13-8-12(6-7-17(13)24-25-19)28-9-14-15(21)4-3-5-16(14)22/h3-8H,9H2,1-2H3,(H2,23,24,25,27). The average Bonchev–Trinajstić information content (AvgIpc) is 3.24. The quantitative estimate of drug-likeness (QED) is 0.524. The zero-order valence-electron chi connectivity index (χ0n) is 15.5. The molecule has 0 aliphatic heterocycles. The molecule has 0 aliphatic carbocycles. The number of hydrogen-bond acceptors (Lipinski definition) is 5. The predicted molar refractivity (Wildman–Crippen MR) is 101 cm³/mol. The van der Waals surface area contributed by atoms with Crippen LogP contribution < -0.4 is 10.1 Å². The first-order valence-electron chi connectivity index (χ1n) is 8.72. The lowest BCUT2D eigenvalue weighted by molar-refractivity contribution is 0.102. The average molecular weight is 398 g/mol. The van der Waals surface area contributed by atoms with Crippen LogP contribution in [0.2, 0.25) is 0 Å². The molecule has 4 aromatic rings. The van der Waals surface area contributed by atoms with Gasteiger partial charge in [-0.1, -0.05) is 11.2 Å². The second-order valence-corrected chi connectivity index (χ2v) is 6.42. The first-order valence-corrected chi connectivity index (χ1v) is 8.72. The number of carbonyl (C=O) groups excluding carboxylic acids is 1. The Hall–Kier alpha value is -3.75. The van der Waals surface area contributed by atoms with E-state index in [4.69, 9.17) is 9.26 Å². The van der Waals surface area contributed by atoms with E-state index in [2.05, 4.69) is 20.7 Å². The third-order valence-corrected chi connectivity index (χ3v) is 4.47. The van der Waals surface area contributed by atoms with Crippen LogP contribution in [0.3, 0.4) is 0 Å². The number of ether oxygens (including phenoxy) is 1. The van der Waals surface area contributed by atoms with Crippen LogP contribution in [0.4, 0.5) is 14.6 Å². The van der Waals surface area contributed by atoms with E-state index in [-0.39, 0.29) is 18.0 Å². The van der Waals surface area contributed by atoms with Crippen LogP contribution in [0.1, 0.15) is 27.4 Å². The van der Waals surface area contributed by atoms with E-state index in [1.807, 2.05) is 0 Å². The highest BCUT2D eigenvalue weighted by Gasteiger charge is 2.19. The van der Waals surface area contributed by atoms with E-state index in [0.717, 1.165) is 0 Å². The summed E-state index contributed by atoms with van der Waals surface area (Å²) in [5.74, 6) is -0.712. The topological polar surface area (TPSA) is 93.0 Å². The van der Waals surface area contributed by atoms with E-state index in [0.29, 0.717) is 33.7 Å². The normalized spacial score (nSPS) is 11.0. The molecule has 0 saturated heterocycles. The molecule has 0 radical (unpaired) electrons. The number of aromatic nitrogens is 3. The summed E-state index contributed by atoms with van der Waals surface area (Å²) < 4.78 is 38.1. The van der Waals surface area contributed by atoms with Crippen molar-refractivity contribution >= 4 is 22.6 Å². The highest BCUT2D eigenvalue weighted by Crippen LogP contribution is 2.27. The van der Waals surface area contributed by atoms with Crippen molar-refractivity contribution in [2.24, 2.45) is 0 Å². The van der Waals surface area contributed by atoms with Gasteiger partial charge in [0.2, 0.25) is 0 Å². The third-order valence-electron chi connectivity index (χ3n) is 4.47. The van der Waals surface area contributed by atoms with Crippen molar-refractivity contribution in [3.05, 3.63) is 70.6 Å². The van der Waals surface area contributed by atoms with Crippen molar-refractivity contribution in [3.63, 3.8) is 0 Å². The number of H-pyrrole nitrogens is 1. The Morgan fingerprint density at radius 2 is 1.97 bits per heavy atom. The maximum Gasteiger partial charge on any atom is 0.262 e. The van der Waals surface area contributed by atoms with Gasteiger partial charge in [0.1, 0.15) is 35.3 Å². The van der Waals surface area contributed by atoms with Gasteiger partial charge in [-0.15, -0.1) is 0 Å². The van der Waals surface area contributed by atoms with Crippen molar-refractivity contribution in [2.45, 2.75) is 20.5 Å². The number of nitrogens with zero attached hydrogens (tertiary/aromatic N) is 2. The minimum absolute atomic E-state index is 0.160. The summed E-state index contributed by atoms with van der Waals surface area (Å²) in [4.78, 5) is 12.5. The molecule has 0 spiro atoms. The molecule has 2 aromatic carbocycles. The highest BCUT2D eigenvalue weighted by molar-refractivity contribution is 6.09. The number of rotatable bonds is 5. The van der Waals surface area contributed by atoms with Crippen LogP contribution >= 0.6 is 0 Å². The summed E-state index contributed by atoms with van der Waals surface area (Å²) in [5, 5.41) is 14.0. The van der Waals surface area contributed by atoms with Crippen LogP contribution in [0.15, 0.2) is 40.9 Å². The number of fused-ring (bicyclic) bond motifs is 1. The maximum atomic E-state index is 13.8. The molecule has 148 valence electrons. The molecule has 7 nitrogen and oxygen atoms in total. The van der Waals surface area contributed by atoms with Crippen molar-refractivity contribution in [2.75, 3.05) is 5.32 Å². The molecule has 2 aromatic heterocycles. The number of amides is 1. The van der Waals surface area contributed by atoms with Gasteiger partial charge in [0.05, 0.1) is 16.8 Å². The monoisotopic (exact) mass is 398 g/mol. The second-order valence-electron chi connectivity index (χ2n) is 6.42. The van der Waals surface area contributed by atoms with Crippen LogP contribution in [-0.4, -0.2) is 21.3 Å². The first kappa shape index (κ1) is 18.6. The molecule has 1 amide bonds. The fourth-order valence-corrected chi connectivity index (χ4v) is 2.98. The van der Waals surface area contributed by atoms with Gasteiger partial charge >= 0.3 is 0 Å². The zero-order valence-corrected chi connectivity index (χ0v) is 15.5. The molecule has 0 unspecified atom stereocenters. The van der Waals surface area contributed by atoms with Crippen LogP contribution in [0.25, 0.3) is 10.9 Å². The van der Waals surface area contributed by atoms with Crippen LogP contribution in [-0.2, 0) is 6.61 Å². The Balaban J connectivity index is 1.57. The largest absolute Gasteiger partial charge is 0.489 e. The third kappa shape index (κ3) is 3.54. The van der Waals surface area contributed by atoms with Gasteiger partial charge in [-0.3, -0.25) is 9.89 Å². The predicted octanol–water partition coefficient (Wildman–Crippen LogP) is 4.28. The van der Waals surface area contributed by atoms with E-state index < -0.39 is 17.5 Å². The van der Waals surface area contributed by atoms with Crippen molar-refractivity contribution in [1.82, 2.24) is 15.4 Å². The van der Waals surface area contributed by atoms with Gasteiger partial charge in [0.25, 0.3) is 5.91 Å². The van der Waals surface area contributed by atoms with E-state index in [9.17, 15) is 13.6 Å². The second kappa shape index (κ2) is 7.34. The molecule has 2 heterocycles. The van der Waals surface area contributed by atoms with Gasteiger partial charge in [-0.05, 0) is 44.2 Å². The van der Waals surface area contributed by atoms with Crippen LogP contribution in [0, 0.1) is 25.5 Å². The highest BCUT2D eigenvalue weighted by atomic mass is 19.1. The van der Waals surface area contributed by atoms with Gasteiger partial charge in [0, 0.05) is 5.39 Å². The summed E-state index contributed by atoms with van der Waals surface area (Å²) in [5.41, 5.74) is 1.30. The lowest BCUT2D eigenvalue weighted by Crippen LogP contribution is -2.14. The van der Waals surface area contributed by atoms with E-state index in [1.54, 1.807) is 32.0 Å². The fourth-order valence-electron chi connectivity index (χ4n) is 2.98. The minimum Gasteiger partial charge on any atom is -0.489 e. The SMILES string of the molecule is Cc1noc(C)c1C(=O)Nc1n[nH]c2ccc(OCc3c(F)cccc3F)cc12. The van der Waals surface area contributed by atoms with E-state index >= 15 is 0 Å². The van der Waals surface area contributed by atoms with Gasteiger partial charge in [-0.2, -0.15) is 5.10 Å². The van der Waals surface area contributed by atoms with Gasteiger partial charge < -0.3 is 14.6 Å². The Morgan fingerprint density at radius 1 is 1.21 bits per heavy atom. The lowest BCUT2D eigenvalue weighted by Gasteiger charge is -2.08. The van der Waals surface area contributed by atoms with Crippen molar-refractivity contribution in [3.8, 4) is 5.75 Å². The fraction of sp³-hybridized carbons (Fsp3) is 0.150. The molecule has 0 saturated carbocycles. The number of aryl methyl sites for hydroxylation is 2. The number of benzene rings is 2. The summed E-state index contributed by atoms with van der Waals surface area (Å²) in [6.07, 6.45) is 0. The van der Waals surface area contributed by atoms with Gasteiger partial charge in [-0.25, -0.2) is 8.78 Å². The molecule has 9 heteroatoms.